The lowest BCUT2D eigenvalue weighted by Crippen LogP contribution is -2.66. The summed E-state index contributed by atoms with van der Waals surface area (Å²) in [6.07, 6.45) is 7.62. The summed E-state index contributed by atoms with van der Waals surface area (Å²) in [5.74, 6) is 0.998. The van der Waals surface area contributed by atoms with Crippen molar-refractivity contribution in [3.05, 3.63) is 6.33 Å². The molecule has 9 heteroatoms. The van der Waals surface area contributed by atoms with Gasteiger partial charge in [-0.3, -0.25) is 4.79 Å². The number of hydrogen-bond donors (Lipinski definition) is 2. The highest BCUT2D eigenvalue weighted by molar-refractivity contribution is 5.83. The van der Waals surface area contributed by atoms with Crippen LogP contribution in [0.25, 0.3) is 0 Å². The number of carbonyl (C=O) groups excluding carboxylic acids is 2. The van der Waals surface area contributed by atoms with E-state index in [1.54, 1.807) is 4.80 Å². The van der Waals surface area contributed by atoms with E-state index < -0.39 is 6.03 Å². The molecule has 0 spiro atoms. The summed E-state index contributed by atoms with van der Waals surface area (Å²) in [5.41, 5.74) is 4.85. The molecule has 4 fully saturated rings. The first-order valence-corrected chi connectivity index (χ1v) is 8.45. The van der Waals surface area contributed by atoms with Crippen molar-refractivity contribution < 1.29 is 9.59 Å². The van der Waals surface area contributed by atoms with Crippen LogP contribution in [0, 0.1) is 11.8 Å². The topological polar surface area (TPSA) is 119 Å². The summed E-state index contributed by atoms with van der Waals surface area (Å²) < 4.78 is 0. The molecular weight excluding hydrogens is 310 g/mol. The van der Waals surface area contributed by atoms with Gasteiger partial charge in [-0.2, -0.15) is 4.80 Å². The highest BCUT2D eigenvalue weighted by Gasteiger charge is 2.60. The van der Waals surface area contributed by atoms with E-state index in [4.69, 9.17) is 5.73 Å². The van der Waals surface area contributed by atoms with E-state index in [1.807, 2.05) is 0 Å². The van der Waals surface area contributed by atoms with E-state index in [-0.39, 0.29) is 23.5 Å². The quantitative estimate of drug-likeness (QED) is 0.794. The Morgan fingerprint density at radius 1 is 1.33 bits per heavy atom. The van der Waals surface area contributed by atoms with Crippen LogP contribution < -0.4 is 11.1 Å². The smallest absolute Gasteiger partial charge is 0.314 e. The second-order valence-corrected chi connectivity index (χ2v) is 7.93. The average Bonchev–Trinajstić information content (AvgIpc) is 2.99. The van der Waals surface area contributed by atoms with Crippen molar-refractivity contribution in [1.29, 1.82) is 0 Å². The van der Waals surface area contributed by atoms with Crippen molar-refractivity contribution in [2.24, 2.45) is 17.6 Å². The molecule has 130 valence electrons. The van der Waals surface area contributed by atoms with Crippen molar-refractivity contribution in [3.63, 3.8) is 0 Å². The van der Waals surface area contributed by atoms with E-state index in [1.165, 1.54) is 24.7 Å². The van der Waals surface area contributed by atoms with Crippen LogP contribution in [0.1, 0.15) is 38.5 Å². The molecule has 4 atom stereocenters. The summed E-state index contributed by atoms with van der Waals surface area (Å²) >= 11 is 0. The van der Waals surface area contributed by atoms with Gasteiger partial charge in [0.2, 0.25) is 5.91 Å². The Balaban J connectivity index is 1.55. The van der Waals surface area contributed by atoms with E-state index in [9.17, 15) is 9.59 Å². The molecule has 5 rings (SSSR count). The fraction of sp³-hybridized carbons (Fsp3) is 0.800. The number of nitrogens with zero attached hydrogens (tertiary/aromatic N) is 5. The molecule has 1 heterocycles. The van der Waals surface area contributed by atoms with Crippen LogP contribution in [-0.2, 0) is 10.3 Å². The maximum atomic E-state index is 12.4. The lowest BCUT2D eigenvalue weighted by atomic mass is 9.50. The van der Waals surface area contributed by atoms with Gasteiger partial charge in [0, 0.05) is 12.6 Å². The van der Waals surface area contributed by atoms with Gasteiger partial charge >= 0.3 is 6.03 Å². The zero-order chi connectivity index (χ0) is 16.9. The SMILES string of the molecule is CN(CC(=O)NC12C[C@H]3C[C@@H](C1)CC(n1ncnn1)(C3)C2)C(N)=O. The van der Waals surface area contributed by atoms with Gasteiger partial charge in [-0.1, -0.05) is 0 Å². The number of urea groups is 1. The van der Waals surface area contributed by atoms with Gasteiger partial charge in [0.05, 0.1) is 5.54 Å². The van der Waals surface area contributed by atoms with Gasteiger partial charge in [0.25, 0.3) is 0 Å². The number of carbonyl (C=O) groups is 2. The number of primary amides is 1. The molecule has 4 saturated carbocycles. The van der Waals surface area contributed by atoms with E-state index in [0.717, 1.165) is 32.1 Å². The number of nitrogens with one attached hydrogen (secondary N) is 1. The minimum absolute atomic E-state index is 0.0129. The van der Waals surface area contributed by atoms with Crippen LogP contribution in [-0.4, -0.2) is 56.2 Å². The third-order valence-corrected chi connectivity index (χ3v) is 5.97. The van der Waals surface area contributed by atoms with Crippen LogP contribution in [0.5, 0.6) is 0 Å². The second-order valence-electron chi connectivity index (χ2n) is 7.93. The number of likely N-dealkylation sites (N-methyl/N-ethyl adjacent to an activating group) is 1. The molecule has 3 N–H and O–H groups in total. The van der Waals surface area contributed by atoms with E-state index >= 15 is 0 Å². The predicted molar refractivity (Wildman–Crippen MR) is 83.6 cm³/mol. The Kier molecular flexibility index (Phi) is 3.29. The summed E-state index contributed by atoms with van der Waals surface area (Å²) in [6.45, 7) is -0.0129. The van der Waals surface area contributed by atoms with Crippen LogP contribution in [0.3, 0.4) is 0 Å². The number of nitrogens with two attached hydrogens (primary N) is 1. The van der Waals surface area contributed by atoms with Gasteiger partial charge in [-0.25, -0.2) is 4.79 Å². The van der Waals surface area contributed by atoms with E-state index in [0.29, 0.717) is 11.8 Å². The first kappa shape index (κ1) is 15.3. The Hall–Kier alpha value is -2.19. The zero-order valence-corrected chi connectivity index (χ0v) is 13.8. The highest BCUT2D eigenvalue weighted by Crippen LogP contribution is 2.60. The van der Waals surface area contributed by atoms with Gasteiger partial charge in [0.1, 0.15) is 6.54 Å². The molecule has 0 aliphatic heterocycles. The number of rotatable bonds is 4. The van der Waals surface area contributed by atoms with Crippen LogP contribution >= 0.6 is 0 Å². The van der Waals surface area contributed by atoms with Crippen LogP contribution in [0.2, 0.25) is 0 Å². The Morgan fingerprint density at radius 2 is 2.04 bits per heavy atom. The molecule has 1 aromatic heterocycles. The lowest BCUT2D eigenvalue weighted by Gasteiger charge is -2.61. The molecule has 24 heavy (non-hydrogen) atoms. The standard InChI is InChI=1S/C15H23N7O2/c1-21(13(16)24)7-12(23)19-14-3-10-2-11(4-14)6-15(5-10,8-14)22-18-9-17-20-22/h9-11H,2-8H2,1H3,(H2,16,24)(H,19,23)/t10-,11+,14?,15?. The predicted octanol–water partition coefficient (Wildman–Crippen LogP) is -0.152. The number of hydrogen-bond acceptors (Lipinski definition) is 5. The van der Waals surface area contributed by atoms with Crippen molar-refractivity contribution in [2.45, 2.75) is 49.6 Å². The van der Waals surface area contributed by atoms with Crippen molar-refractivity contribution in [1.82, 2.24) is 30.4 Å². The third kappa shape index (κ3) is 2.42. The molecule has 2 unspecified atom stereocenters. The van der Waals surface area contributed by atoms with Crippen LogP contribution in [0.15, 0.2) is 6.33 Å². The van der Waals surface area contributed by atoms with E-state index in [2.05, 4.69) is 20.7 Å². The Labute approximate surface area is 139 Å². The first-order valence-electron chi connectivity index (χ1n) is 8.45. The summed E-state index contributed by atoms with van der Waals surface area (Å²) in [6, 6.07) is -0.598. The zero-order valence-electron chi connectivity index (χ0n) is 13.8. The van der Waals surface area contributed by atoms with Gasteiger partial charge < -0.3 is 16.0 Å². The minimum Gasteiger partial charge on any atom is -0.351 e. The van der Waals surface area contributed by atoms with Gasteiger partial charge in [0.15, 0.2) is 6.33 Å². The molecule has 0 aromatic carbocycles. The molecule has 4 aliphatic rings. The largest absolute Gasteiger partial charge is 0.351 e. The Morgan fingerprint density at radius 3 is 2.62 bits per heavy atom. The summed E-state index contributed by atoms with van der Waals surface area (Å²) in [7, 11) is 1.53. The molecule has 1 aromatic rings. The number of tetrazole rings is 1. The summed E-state index contributed by atoms with van der Waals surface area (Å²) in [4.78, 5) is 26.6. The third-order valence-electron chi connectivity index (χ3n) is 5.97. The molecule has 0 radical (unpaired) electrons. The average molecular weight is 333 g/mol. The first-order chi connectivity index (χ1) is 11.4. The normalized spacial score (nSPS) is 36.5. The summed E-state index contributed by atoms with van der Waals surface area (Å²) in [5, 5.41) is 15.6. The van der Waals surface area contributed by atoms with Crippen molar-refractivity contribution >= 4 is 11.9 Å². The molecule has 9 nitrogen and oxygen atoms in total. The minimum atomic E-state index is -0.598. The highest BCUT2D eigenvalue weighted by atomic mass is 16.2. The molecule has 4 aliphatic carbocycles. The molecule has 4 bridgehead atoms. The van der Waals surface area contributed by atoms with Crippen LogP contribution in [0.4, 0.5) is 4.79 Å². The molecule has 3 amide bonds. The maximum absolute atomic E-state index is 12.4. The lowest BCUT2D eigenvalue weighted by molar-refractivity contribution is -0.131. The maximum Gasteiger partial charge on any atom is 0.314 e. The fourth-order valence-corrected chi connectivity index (χ4v) is 5.61. The monoisotopic (exact) mass is 333 g/mol. The fourth-order valence-electron chi connectivity index (χ4n) is 5.61. The Bertz CT molecular complexity index is 645. The van der Waals surface area contributed by atoms with Gasteiger partial charge in [-0.15, -0.1) is 10.2 Å². The second kappa shape index (κ2) is 5.15. The van der Waals surface area contributed by atoms with Gasteiger partial charge in [-0.05, 0) is 55.6 Å². The van der Waals surface area contributed by atoms with Crippen molar-refractivity contribution in [3.8, 4) is 0 Å². The number of amides is 3. The number of aromatic nitrogens is 4. The molecule has 0 saturated heterocycles. The molecular formula is C15H23N7O2. The van der Waals surface area contributed by atoms with Crippen molar-refractivity contribution in [2.75, 3.05) is 13.6 Å².